The third-order valence-electron chi connectivity index (χ3n) is 2.73. The second-order valence-electron chi connectivity index (χ2n) is 4.08. The van der Waals surface area contributed by atoms with E-state index in [1.165, 1.54) is 26.2 Å². The number of benzene rings is 1. The molecule has 7 heteroatoms. The van der Waals surface area contributed by atoms with E-state index in [0.29, 0.717) is 5.56 Å². The van der Waals surface area contributed by atoms with Gasteiger partial charge in [0.15, 0.2) is 11.5 Å². The zero-order valence-electron chi connectivity index (χ0n) is 10.1. The van der Waals surface area contributed by atoms with Crippen molar-refractivity contribution >= 4 is 5.97 Å². The topological polar surface area (TPSA) is 125 Å². The van der Waals surface area contributed by atoms with Crippen LogP contribution in [0.15, 0.2) is 12.1 Å². The van der Waals surface area contributed by atoms with Crippen LogP contribution < -0.4 is 16.0 Å². The lowest BCUT2D eigenvalue weighted by atomic mass is 9.93. The molecule has 0 saturated carbocycles. The molecule has 0 unspecified atom stereocenters. The molecule has 0 bridgehead atoms. The van der Waals surface area contributed by atoms with Crippen LogP contribution in [0.5, 0.6) is 17.2 Å². The highest BCUT2D eigenvalue weighted by Crippen LogP contribution is 2.39. The fourth-order valence-electron chi connectivity index (χ4n) is 1.51. The van der Waals surface area contributed by atoms with Crippen LogP contribution in [-0.2, 0) is 11.2 Å². The number of methoxy groups -OCH3 is 1. The number of nitrogens with two attached hydrogens (primary N) is 1. The Balaban J connectivity index is 3.16. The van der Waals surface area contributed by atoms with Crippen molar-refractivity contribution in [2.75, 3.05) is 7.11 Å². The molecule has 1 aromatic carbocycles. The SMILES string of the molecule is COc1c(O)ccc(C[C@](C)(NN)C(=O)O)c1O. The number of hydrogen-bond donors (Lipinski definition) is 5. The number of ether oxygens (including phenoxy) is 1. The van der Waals surface area contributed by atoms with Crippen LogP contribution in [0.25, 0.3) is 0 Å². The molecule has 0 aliphatic carbocycles. The van der Waals surface area contributed by atoms with Gasteiger partial charge in [-0.15, -0.1) is 0 Å². The average molecular weight is 256 g/mol. The Morgan fingerprint density at radius 3 is 2.56 bits per heavy atom. The highest BCUT2D eigenvalue weighted by atomic mass is 16.5. The van der Waals surface area contributed by atoms with Crippen molar-refractivity contribution in [1.29, 1.82) is 0 Å². The zero-order chi connectivity index (χ0) is 13.9. The molecule has 100 valence electrons. The Hall–Kier alpha value is -1.99. The minimum absolute atomic E-state index is 0.0681. The third-order valence-corrected chi connectivity index (χ3v) is 2.73. The molecular weight excluding hydrogens is 240 g/mol. The number of rotatable bonds is 5. The molecule has 6 N–H and O–H groups in total. The van der Waals surface area contributed by atoms with Gasteiger partial charge in [0.25, 0.3) is 0 Å². The molecule has 0 radical (unpaired) electrons. The molecule has 1 aromatic rings. The molecule has 1 rings (SSSR count). The van der Waals surface area contributed by atoms with E-state index in [0.717, 1.165) is 0 Å². The van der Waals surface area contributed by atoms with Gasteiger partial charge < -0.3 is 20.1 Å². The first-order valence-electron chi connectivity index (χ1n) is 5.14. The van der Waals surface area contributed by atoms with E-state index in [1.807, 2.05) is 0 Å². The van der Waals surface area contributed by atoms with Gasteiger partial charge in [0, 0.05) is 12.0 Å². The van der Waals surface area contributed by atoms with E-state index >= 15 is 0 Å². The molecule has 0 amide bonds. The lowest BCUT2D eigenvalue weighted by Gasteiger charge is -2.24. The van der Waals surface area contributed by atoms with E-state index in [4.69, 9.17) is 15.7 Å². The van der Waals surface area contributed by atoms with Crippen LogP contribution in [0.4, 0.5) is 0 Å². The maximum atomic E-state index is 11.1. The number of aromatic hydroxyl groups is 2. The van der Waals surface area contributed by atoms with Gasteiger partial charge in [-0.2, -0.15) is 0 Å². The number of hydrogen-bond acceptors (Lipinski definition) is 6. The summed E-state index contributed by atoms with van der Waals surface area (Å²) >= 11 is 0. The largest absolute Gasteiger partial charge is 0.504 e. The molecule has 0 spiro atoms. The zero-order valence-corrected chi connectivity index (χ0v) is 10.1. The van der Waals surface area contributed by atoms with Gasteiger partial charge in [0.1, 0.15) is 5.54 Å². The molecule has 0 saturated heterocycles. The molecule has 0 aromatic heterocycles. The lowest BCUT2D eigenvalue weighted by molar-refractivity contribution is -0.144. The molecular formula is C11H16N2O5. The van der Waals surface area contributed by atoms with Crippen LogP contribution in [0.3, 0.4) is 0 Å². The van der Waals surface area contributed by atoms with Crippen molar-refractivity contribution in [2.24, 2.45) is 5.84 Å². The van der Waals surface area contributed by atoms with Crippen LogP contribution in [0, 0.1) is 0 Å². The summed E-state index contributed by atoms with van der Waals surface area (Å²) < 4.78 is 4.83. The van der Waals surface area contributed by atoms with Crippen molar-refractivity contribution in [2.45, 2.75) is 18.9 Å². The quantitative estimate of drug-likeness (QED) is 0.369. The highest BCUT2D eigenvalue weighted by Gasteiger charge is 2.33. The van der Waals surface area contributed by atoms with Crippen LogP contribution in [0.2, 0.25) is 0 Å². The summed E-state index contributed by atoms with van der Waals surface area (Å²) in [6.45, 7) is 1.38. The Kier molecular flexibility index (Phi) is 4.00. The van der Waals surface area contributed by atoms with Crippen molar-refractivity contribution in [1.82, 2.24) is 5.43 Å². The summed E-state index contributed by atoms with van der Waals surface area (Å²) in [5, 5.41) is 28.4. The number of hydrazine groups is 1. The van der Waals surface area contributed by atoms with Crippen molar-refractivity contribution in [3.63, 3.8) is 0 Å². The third kappa shape index (κ3) is 2.47. The molecule has 0 heterocycles. The number of carbonyl (C=O) groups is 1. The van der Waals surface area contributed by atoms with Crippen molar-refractivity contribution in [3.8, 4) is 17.2 Å². The maximum absolute atomic E-state index is 11.1. The lowest BCUT2D eigenvalue weighted by Crippen LogP contribution is -2.54. The van der Waals surface area contributed by atoms with Gasteiger partial charge >= 0.3 is 5.97 Å². The summed E-state index contributed by atoms with van der Waals surface area (Å²) in [7, 11) is 1.29. The summed E-state index contributed by atoms with van der Waals surface area (Å²) in [5.41, 5.74) is 1.06. The maximum Gasteiger partial charge on any atom is 0.325 e. The predicted molar refractivity (Wildman–Crippen MR) is 63.4 cm³/mol. The van der Waals surface area contributed by atoms with Crippen molar-refractivity contribution < 1.29 is 24.9 Å². The second kappa shape index (κ2) is 5.11. The number of phenols is 2. The van der Waals surface area contributed by atoms with E-state index in [9.17, 15) is 15.0 Å². The molecule has 1 atom stereocenters. The number of carboxylic acids is 1. The molecule has 18 heavy (non-hydrogen) atoms. The smallest absolute Gasteiger partial charge is 0.325 e. The number of phenolic OH excluding ortho intramolecular Hbond substituents is 2. The molecule has 0 aliphatic rings. The first kappa shape index (κ1) is 14.1. The normalized spacial score (nSPS) is 13.9. The van der Waals surface area contributed by atoms with Gasteiger partial charge in [-0.25, -0.2) is 5.43 Å². The summed E-state index contributed by atoms with van der Waals surface area (Å²) in [6.07, 6.45) is -0.0681. The van der Waals surface area contributed by atoms with Gasteiger partial charge in [-0.3, -0.25) is 10.6 Å². The Bertz CT molecular complexity index is 463. The van der Waals surface area contributed by atoms with E-state index in [-0.39, 0.29) is 23.7 Å². The molecule has 7 nitrogen and oxygen atoms in total. The first-order chi connectivity index (χ1) is 8.35. The van der Waals surface area contributed by atoms with Crippen LogP contribution in [0.1, 0.15) is 12.5 Å². The minimum Gasteiger partial charge on any atom is -0.504 e. The number of aliphatic carboxylic acids is 1. The van der Waals surface area contributed by atoms with Gasteiger partial charge in [0.2, 0.25) is 5.75 Å². The standard InChI is InChI=1S/C11H16N2O5/c1-11(13-12,10(16)17)5-6-3-4-7(14)9(18-2)8(6)15/h3-4,13-15H,5,12H2,1-2H3,(H,16,17)/t11-/m0/s1. The van der Waals surface area contributed by atoms with Crippen molar-refractivity contribution in [3.05, 3.63) is 17.7 Å². The predicted octanol–water partition coefficient (Wildman–Crippen LogP) is -0.0445. The fraction of sp³-hybridized carbons (Fsp3) is 0.364. The van der Waals surface area contributed by atoms with Crippen LogP contribution in [-0.4, -0.2) is 33.9 Å². The van der Waals surface area contributed by atoms with Gasteiger partial charge in [-0.1, -0.05) is 6.07 Å². The van der Waals surface area contributed by atoms with Crippen LogP contribution >= 0.6 is 0 Å². The summed E-state index contributed by atoms with van der Waals surface area (Å²) in [4.78, 5) is 11.1. The average Bonchev–Trinajstić information content (AvgIpc) is 2.33. The molecule has 0 aliphatic heterocycles. The Labute approximate surface area is 104 Å². The number of nitrogens with one attached hydrogen (secondary N) is 1. The monoisotopic (exact) mass is 256 g/mol. The van der Waals surface area contributed by atoms with Gasteiger partial charge in [0.05, 0.1) is 7.11 Å². The Morgan fingerprint density at radius 1 is 1.50 bits per heavy atom. The van der Waals surface area contributed by atoms with E-state index in [1.54, 1.807) is 0 Å². The minimum atomic E-state index is -1.43. The first-order valence-corrected chi connectivity index (χ1v) is 5.14. The highest BCUT2D eigenvalue weighted by molar-refractivity contribution is 5.79. The number of carboxylic acid groups (broad SMARTS) is 1. The summed E-state index contributed by atoms with van der Waals surface area (Å²) in [5.74, 6) is 3.43. The Morgan fingerprint density at radius 2 is 2.11 bits per heavy atom. The van der Waals surface area contributed by atoms with Gasteiger partial charge in [-0.05, 0) is 13.0 Å². The molecule has 0 fully saturated rings. The summed E-state index contributed by atoms with van der Waals surface area (Å²) in [6, 6.07) is 2.72. The fourth-order valence-corrected chi connectivity index (χ4v) is 1.51. The van der Waals surface area contributed by atoms with E-state index < -0.39 is 11.5 Å². The second-order valence-corrected chi connectivity index (χ2v) is 4.08. The van der Waals surface area contributed by atoms with E-state index in [2.05, 4.69) is 5.43 Å².